The molecular weight excluding hydrogens is 288 g/mol. The van der Waals surface area contributed by atoms with Gasteiger partial charge in [0, 0.05) is 19.2 Å². The van der Waals surface area contributed by atoms with Crippen molar-refractivity contribution in [3.05, 3.63) is 29.0 Å². The molecule has 6 heteroatoms. The second kappa shape index (κ2) is 5.66. The van der Waals surface area contributed by atoms with Gasteiger partial charge in [0.2, 0.25) is 0 Å². The van der Waals surface area contributed by atoms with Gasteiger partial charge in [0.05, 0.1) is 31.1 Å². The SMILES string of the molecule is Cc1cnn(C)c1-c1cc(Cl)nc(N2CCOCC2C)c1. The average Bonchev–Trinajstić information content (AvgIpc) is 2.78. The summed E-state index contributed by atoms with van der Waals surface area (Å²) in [6.07, 6.45) is 1.86. The lowest BCUT2D eigenvalue weighted by Crippen LogP contribution is -2.44. The number of morpholine rings is 1. The zero-order valence-corrected chi connectivity index (χ0v) is 13.3. The minimum absolute atomic E-state index is 0.296. The summed E-state index contributed by atoms with van der Waals surface area (Å²) in [5, 5.41) is 4.80. The van der Waals surface area contributed by atoms with Crippen LogP contribution in [0.15, 0.2) is 18.3 Å². The molecule has 21 heavy (non-hydrogen) atoms. The lowest BCUT2D eigenvalue weighted by molar-refractivity contribution is 0.0985. The molecule has 0 radical (unpaired) electrons. The van der Waals surface area contributed by atoms with E-state index in [1.165, 1.54) is 0 Å². The summed E-state index contributed by atoms with van der Waals surface area (Å²) in [5.41, 5.74) is 3.24. The summed E-state index contributed by atoms with van der Waals surface area (Å²) in [6.45, 7) is 6.45. The van der Waals surface area contributed by atoms with Gasteiger partial charge in [0.25, 0.3) is 0 Å². The van der Waals surface area contributed by atoms with Gasteiger partial charge < -0.3 is 9.64 Å². The number of pyridine rings is 1. The first-order chi connectivity index (χ1) is 10.1. The van der Waals surface area contributed by atoms with Crippen molar-refractivity contribution in [2.75, 3.05) is 24.7 Å². The van der Waals surface area contributed by atoms with Gasteiger partial charge in [-0.05, 0) is 31.5 Å². The molecule has 0 aliphatic carbocycles. The number of anilines is 1. The van der Waals surface area contributed by atoms with E-state index >= 15 is 0 Å². The maximum Gasteiger partial charge on any atom is 0.132 e. The Kier molecular flexibility index (Phi) is 3.87. The normalized spacial score (nSPS) is 19.0. The fourth-order valence-electron chi connectivity index (χ4n) is 2.80. The van der Waals surface area contributed by atoms with Crippen LogP contribution in [0.5, 0.6) is 0 Å². The van der Waals surface area contributed by atoms with E-state index in [2.05, 4.69) is 28.0 Å². The minimum atomic E-state index is 0.296. The van der Waals surface area contributed by atoms with Crippen molar-refractivity contribution < 1.29 is 4.74 Å². The predicted molar refractivity (Wildman–Crippen MR) is 83.8 cm³/mol. The Morgan fingerprint density at radius 2 is 2.19 bits per heavy atom. The summed E-state index contributed by atoms with van der Waals surface area (Å²) >= 11 is 6.24. The maximum atomic E-state index is 6.24. The molecule has 0 spiro atoms. The van der Waals surface area contributed by atoms with E-state index < -0.39 is 0 Å². The molecule has 1 saturated heterocycles. The van der Waals surface area contributed by atoms with Crippen LogP contribution >= 0.6 is 11.6 Å². The van der Waals surface area contributed by atoms with Gasteiger partial charge in [-0.2, -0.15) is 5.10 Å². The fourth-order valence-corrected chi connectivity index (χ4v) is 3.00. The van der Waals surface area contributed by atoms with Gasteiger partial charge in [-0.1, -0.05) is 11.6 Å². The maximum absolute atomic E-state index is 6.24. The first-order valence-corrected chi connectivity index (χ1v) is 7.45. The number of hydrogen-bond donors (Lipinski definition) is 0. The number of nitrogens with zero attached hydrogens (tertiary/aromatic N) is 4. The van der Waals surface area contributed by atoms with Crippen LogP contribution in [0, 0.1) is 6.92 Å². The van der Waals surface area contributed by atoms with Gasteiger partial charge in [-0.15, -0.1) is 0 Å². The Bertz CT molecular complexity index is 636. The molecule has 0 saturated carbocycles. The molecular formula is C15H19ClN4O. The highest BCUT2D eigenvalue weighted by Gasteiger charge is 2.21. The van der Waals surface area contributed by atoms with Crippen molar-refractivity contribution in [2.45, 2.75) is 19.9 Å². The predicted octanol–water partition coefficient (Wildman–Crippen LogP) is 2.67. The Hall–Kier alpha value is -1.59. The topological polar surface area (TPSA) is 43.2 Å². The lowest BCUT2D eigenvalue weighted by Gasteiger charge is -2.34. The molecule has 1 aliphatic heterocycles. The Labute approximate surface area is 129 Å². The van der Waals surface area contributed by atoms with E-state index in [9.17, 15) is 0 Å². The van der Waals surface area contributed by atoms with Gasteiger partial charge in [0.15, 0.2) is 0 Å². The van der Waals surface area contributed by atoms with E-state index in [-0.39, 0.29) is 0 Å². The Balaban J connectivity index is 2.04. The van der Waals surface area contributed by atoms with Crippen molar-refractivity contribution in [3.8, 4) is 11.3 Å². The summed E-state index contributed by atoms with van der Waals surface area (Å²) in [4.78, 5) is 6.72. The van der Waals surface area contributed by atoms with E-state index in [0.29, 0.717) is 17.8 Å². The molecule has 1 aliphatic rings. The molecule has 5 nitrogen and oxygen atoms in total. The first kappa shape index (κ1) is 14.4. The Morgan fingerprint density at radius 3 is 2.86 bits per heavy atom. The summed E-state index contributed by atoms with van der Waals surface area (Å²) in [5.74, 6) is 0.897. The summed E-state index contributed by atoms with van der Waals surface area (Å²) in [6, 6.07) is 4.27. The monoisotopic (exact) mass is 306 g/mol. The number of aryl methyl sites for hydroxylation is 2. The quantitative estimate of drug-likeness (QED) is 0.800. The van der Waals surface area contributed by atoms with Gasteiger partial charge in [-0.3, -0.25) is 4.68 Å². The molecule has 3 heterocycles. The lowest BCUT2D eigenvalue weighted by atomic mass is 10.1. The van der Waals surface area contributed by atoms with Crippen LogP contribution in [0.3, 0.4) is 0 Å². The highest BCUT2D eigenvalue weighted by molar-refractivity contribution is 6.29. The molecule has 112 valence electrons. The zero-order chi connectivity index (χ0) is 15.0. The second-order valence-corrected chi connectivity index (χ2v) is 5.84. The highest BCUT2D eigenvalue weighted by Crippen LogP contribution is 2.29. The second-order valence-electron chi connectivity index (χ2n) is 5.45. The van der Waals surface area contributed by atoms with Crippen LogP contribution in [-0.4, -0.2) is 40.6 Å². The van der Waals surface area contributed by atoms with E-state index in [4.69, 9.17) is 16.3 Å². The molecule has 2 aromatic heterocycles. The highest BCUT2D eigenvalue weighted by atomic mass is 35.5. The van der Waals surface area contributed by atoms with Gasteiger partial charge in [0.1, 0.15) is 11.0 Å². The minimum Gasteiger partial charge on any atom is -0.377 e. The first-order valence-electron chi connectivity index (χ1n) is 7.07. The van der Waals surface area contributed by atoms with E-state index in [1.807, 2.05) is 30.9 Å². The zero-order valence-electron chi connectivity index (χ0n) is 12.5. The smallest absolute Gasteiger partial charge is 0.132 e. The van der Waals surface area contributed by atoms with Crippen LogP contribution in [0.2, 0.25) is 5.15 Å². The van der Waals surface area contributed by atoms with Gasteiger partial charge in [-0.25, -0.2) is 4.98 Å². The number of hydrogen-bond acceptors (Lipinski definition) is 4. The number of halogens is 1. The van der Waals surface area contributed by atoms with Crippen molar-refractivity contribution in [2.24, 2.45) is 7.05 Å². The number of ether oxygens (including phenoxy) is 1. The van der Waals surface area contributed by atoms with Crippen molar-refractivity contribution >= 4 is 17.4 Å². The average molecular weight is 307 g/mol. The molecule has 1 unspecified atom stereocenters. The van der Waals surface area contributed by atoms with Crippen LogP contribution in [0.25, 0.3) is 11.3 Å². The number of aromatic nitrogens is 3. The summed E-state index contributed by atoms with van der Waals surface area (Å²) < 4.78 is 7.36. The molecule has 0 aromatic carbocycles. The fraction of sp³-hybridized carbons (Fsp3) is 0.467. The Morgan fingerprint density at radius 1 is 1.38 bits per heavy atom. The molecule has 2 aromatic rings. The molecule has 0 bridgehead atoms. The molecule has 0 N–H and O–H groups in total. The molecule has 0 amide bonds. The third-order valence-corrected chi connectivity index (χ3v) is 4.03. The largest absolute Gasteiger partial charge is 0.377 e. The molecule has 1 atom stereocenters. The van der Waals surface area contributed by atoms with Crippen LogP contribution in [0.1, 0.15) is 12.5 Å². The van der Waals surface area contributed by atoms with E-state index in [0.717, 1.165) is 35.8 Å². The van der Waals surface area contributed by atoms with Crippen molar-refractivity contribution in [1.82, 2.24) is 14.8 Å². The van der Waals surface area contributed by atoms with Gasteiger partial charge >= 0.3 is 0 Å². The molecule has 1 fully saturated rings. The third-order valence-electron chi connectivity index (χ3n) is 3.84. The van der Waals surface area contributed by atoms with Crippen LogP contribution in [0.4, 0.5) is 5.82 Å². The van der Waals surface area contributed by atoms with E-state index in [1.54, 1.807) is 0 Å². The summed E-state index contributed by atoms with van der Waals surface area (Å²) in [7, 11) is 1.94. The third kappa shape index (κ3) is 2.76. The van der Waals surface area contributed by atoms with Crippen molar-refractivity contribution in [3.63, 3.8) is 0 Å². The van der Waals surface area contributed by atoms with Crippen molar-refractivity contribution in [1.29, 1.82) is 0 Å². The van der Waals surface area contributed by atoms with Crippen LogP contribution < -0.4 is 4.90 Å². The number of rotatable bonds is 2. The van der Waals surface area contributed by atoms with Crippen LogP contribution in [-0.2, 0) is 11.8 Å². The standard InChI is InChI=1S/C15H19ClN4O/c1-10-8-17-19(3)15(10)12-6-13(16)18-14(7-12)20-4-5-21-9-11(20)2/h6-8,11H,4-5,9H2,1-3H3. The molecule has 3 rings (SSSR count).